The van der Waals surface area contributed by atoms with Crippen LogP contribution in [0.25, 0.3) is 0 Å². The number of piperazine rings is 1. The highest BCUT2D eigenvalue weighted by Crippen LogP contribution is 2.49. The fourth-order valence-corrected chi connectivity index (χ4v) is 4.24. The lowest BCUT2D eigenvalue weighted by Crippen LogP contribution is -2.51. The molecule has 0 bridgehead atoms. The van der Waals surface area contributed by atoms with Crippen molar-refractivity contribution < 1.29 is 13.9 Å². The number of halogens is 2. The third-order valence-electron chi connectivity index (χ3n) is 5.85. The highest BCUT2D eigenvalue weighted by atomic mass is 35.5. The van der Waals surface area contributed by atoms with E-state index in [1.165, 1.54) is 12.1 Å². The largest absolute Gasteiger partial charge is 0.496 e. The van der Waals surface area contributed by atoms with Crippen LogP contribution in [-0.4, -0.2) is 49.0 Å². The molecule has 28 heavy (non-hydrogen) atoms. The molecule has 2 aromatic rings. The minimum absolute atomic E-state index is 0.180. The van der Waals surface area contributed by atoms with Gasteiger partial charge in [-0.05, 0) is 48.7 Å². The summed E-state index contributed by atoms with van der Waals surface area (Å²) in [5, 5.41) is 0.694. The second kappa shape index (κ2) is 7.72. The first-order valence-electron chi connectivity index (χ1n) is 9.62. The molecule has 1 saturated carbocycles. The Bertz CT molecular complexity index is 859. The number of methoxy groups -OCH3 is 1. The fraction of sp³-hybridized carbons (Fsp3) is 0.409. The monoisotopic (exact) mass is 402 g/mol. The molecule has 1 aliphatic carbocycles. The van der Waals surface area contributed by atoms with Crippen LogP contribution in [0.4, 0.5) is 4.39 Å². The molecule has 2 aliphatic rings. The van der Waals surface area contributed by atoms with Gasteiger partial charge in [-0.15, -0.1) is 0 Å². The lowest BCUT2D eigenvalue weighted by molar-refractivity contribution is -0.135. The van der Waals surface area contributed by atoms with Crippen molar-refractivity contribution in [2.24, 2.45) is 0 Å². The Morgan fingerprint density at radius 1 is 1.11 bits per heavy atom. The van der Waals surface area contributed by atoms with E-state index in [0.29, 0.717) is 18.1 Å². The average Bonchev–Trinajstić information content (AvgIpc) is 3.51. The van der Waals surface area contributed by atoms with Gasteiger partial charge in [0.2, 0.25) is 5.91 Å². The summed E-state index contributed by atoms with van der Waals surface area (Å²) < 4.78 is 18.7. The normalized spacial score (nSPS) is 18.8. The molecule has 0 N–H and O–H groups in total. The molecule has 0 radical (unpaired) electrons. The maximum atomic E-state index is 13.2. The van der Waals surface area contributed by atoms with Crippen LogP contribution in [0.2, 0.25) is 5.02 Å². The Labute approximate surface area is 169 Å². The summed E-state index contributed by atoms with van der Waals surface area (Å²) in [4.78, 5) is 17.4. The SMILES string of the molecule is COc1ccc(Cl)cc1CN1CCN(C(=O)C2(c3ccc(F)cc3)CC2)CC1. The molecule has 0 spiro atoms. The summed E-state index contributed by atoms with van der Waals surface area (Å²) in [6.07, 6.45) is 1.69. The lowest BCUT2D eigenvalue weighted by Gasteiger charge is -2.37. The molecule has 0 aromatic heterocycles. The quantitative estimate of drug-likeness (QED) is 0.761. The van der Waals surface area contributed by atoms with E-state index in [9.17, 15) is 9.18 Å². The molecule has 1 aliphatic heterocycles. The van der Waals surface area contributed by atoms with E-state index in [-0.39, 0.29) is 11.7 Å². The van der Waals surface area contributed by atoms with Crippen LogP contribution in [0.5, 0.6) is 5.75 Å². The zero-order valence-corrected chi connectivity index (χ0v) is 16.7. The van der Waals surface area contributed by atoms with Crippen LogP contribution < -0.4 is 4.74 Å². The second-order valence-electron chi connectivity index (χ2n) is 7.61. The molecule has 0 unspecified atom stereocenters. The van der Waals surface area contributed by atoms with Crippen molar-refractivity contribution >= 4 is 17.5 Å². The number of benzene rings is 2. The summed E-state index contributed by atoms with van der Waals surface area (Å²) in [5.41, 5.74) is 1.55. The van der Waals surface area contributed by atoms with Gasteiger partial charge in [-0.25, -0.2) is 4.39 Å². The van der Waals surface area contributed by atoms with E-state index < -0.39 is 5.41 Å². The third-order valence-corrected chi connectivity index (χ3v) is 6.09. The van der Waals surface area contributed by atoms with E-state index >= 15 is 0 Å². The maximum absolute atomic E-state index is 13.2. The highest BCUT2D eigenvalue weighted by molar-refractivity contribution is 6.30. The molecule has 2 fully saturated rings. The van der Waals surface area contributed by atoms with Crippen LogP contribution in [0.1, 0.15) is 24.0 Å². The summed E-state index contributed by atoms with van der Waals surface area (Å²) in [5.74, 6) is 0.743. The minimum atomic E-state index is -0.438. The molecule has 2 aromatic carbocycles. The van der Waals surface area contributed by atoms with Crippen molar-refractivity contribution in [3.63, 3.8) is 0 Å². The van der Waals surface area contributed by atoms with E-state index in [4.69, 9.17) is 16.3 Å². The molecule has 148 valence electrons. The lowest BCUT2D eigenvalue weighted by atomic mass is 9.94. The van der Waals surface area contributed by atoms with Crippen molar-refractivity contribution in [1.29, 1.82) is 0 Å². The Kier molecular flexibility index (Phi) is 5.30. The van der Waals surface area contributed by atoms with Crippen molar-refractivity contribution in [2.75, 3.05) is 33.3 Å². The number of carbonyl (C=O) groups is 1. The predicted molar refractivity (Wildman–Crippen MR) is 107 cm³/mol. The minimum Gasteiger partial charge on any atom is -0.496 e. The van der Waals surface area contributed by atoms with Crippen LogP contribution in [0.3, 0.4) is 0 Å². The molecule has 1 amide bonds. The molecule has 4 rings (SSSR count). The number of rotatable bonds is 5. The number of nitrogens with zero attached hydrogens (tertiary/aromatic N) is 2. The maximum Gasteiger partial charge on any atom is 0.233 e. The number of carbonyl (C=O) groups excluding carboxylic acids is 1. The Morgan fingerprint density at radius 3 is 2.39 bits per heavy atom. The van der Waals surface area contributed by atoms with Crippen molar-refractivity contribution in [2.45, 2.75) is 24.8 Å². The predicted octanol–water partition coefficient (Wildman–Crippen LogP) is 3.86. The van der Waals surface area contributed by atoms with Gasteiger partial charge in [-0.3, -0.25) is 9.69 Å². The zero-order valence-electron chi connectivity index (χ0n) is 16.0. The first-order valence-corrected chi connectivity index (χ1v) is 10.00. The standard InChI is InChI=1S/C22H24ClFN2O2/c1-28-20-7-4-18(23)14-16(20)15-25-10-12-26(13-11-25)21(27)22(8-9-22)17-2-5-19(24)6-3-17/h2-7,14H,8-13,15H2,1H3. The van der Waals surface area contributed by atoms with Crippen LogP contribution in [-0.2, 0) is 16.8 Å². The van der Waals surface area contributed by atoms with Crippen LogP contribution in [0.15, 0.2) is 42.5 Å². The van der Waals surface area contributed by atoms with E-state index in [1.807, 2.05) is 23.1 Å². The smallest absolute Gasteiger partial charge is 0.233 e. The molecule has 6 heteroatoms. The van der Waals surface area contributed by atoms with Crippen molar-refractivity contribution in [3.05, 3.63) is 64.4 Å². The summed E-state index contributed by atoms with van der Waals surface area (Å²) in [6, 6.07) is 12.0. The Hall–Kier alpha value is -2.11. The second-order valence-corrected chi connectivity index (χ2v) is 8.05. The van der Waals surface area contributed by atoms with E-state index in [2.05, 4.69) is 4.90 Å². The first kappa shape index (κ1) is 19.2. The van der Waals surface area contributed by atoms with Crippen molar-refractivity contribution in [1.82, 2.24) is 9.80 Å². The van der Waals surface area contributed by atoms with Gasteiger partial charge in [0.25, 0.3) is 0 Å². The van der Waals surface area contributed by atoms with E-state index in [0.717, 1.165) is 49.4 Å². The number of ether oxygens (including phenoxy) is 1. The number of amides is 1. The molecule has 1 saturated heterocycles. The van der Waals surface area contributed by atoms with Gasteiger partial charge in [-0.1, -0.05) is 23.7 Å². The third kappa shape index (κ3) is 3.74. The van der Waals surface area contributed by atoms with Crippen LogP contribution in [0, 0.1) is 5.82 Å². The summed E-state index contributed by atoms with van der Waals surface area (Å²) in [6.45, 7) is 3.76. The van der Waals surface area contributed by atoms with Gasteiger partial charge in [0.1, 0.15) is 11.6 Å². The van der Waals surface area contributed by atoms with Crippen molar-refractivity contribution in [3.8, 4) is 5.75 Å². The van der Waals surface area contributed by atoms with Crippen LogP contribution >= 0.6 is 11.6 Å². The van der Waals surface area contributed by atoms with Gasteiger partial charge in [-0.2, -0.15) is 0 Å². The fourth-order valence-electron chi connectivity index (χ4n) is 4.04. The Morgan fingerprint density at radius 2 is 1.79 bits per heavy atom. The zero-order chi connectivity index (χ0) is 19.7. The number of hydrogen-bond donors (Lipinski definition) is 0. The summed E-state index contributed by atoms with van der Waals surface area (Å²) >= 11 is 6.13. The molecular weight excluding hydrogens is 379 g/mol. The first-order chi connectivity index (χ1) is 13.5. The highest BCUT2D eigenvalue weighted by Gasteiger charge is 2.53. The van der Waals surface area contributed by atoms with Gasteiger partial charge >= 0.3 is 0 Å². The molecule has 1 heterocycles. The topological polar surface area (TPSA) is 32.8 Å². The Balaban J connectivity index is 1.39. The molecule has 0 atom stereocenters. The van der Waals surface area contributed by atoms with Gasteiger partial charge < -0.3 is 9.64 Å². The summed E-state index contributed by atoms with van der Waals surface area (Å²) in [7, 11) is 1.66. The molecule has 4 nitrogen and oxygen atoms in total. The number of hydrogen-bond acceptors (Lipinski definition) is 3. The van der Waals surface area contributed by atoms with Gasteiger partial charge in [0, 0.05) is 43.3 Å². The van der Waals surface area contributed by atoms with E-state index in [1.54, 1.807) is 19.2 Å². The van der Waals surface area contributed by atoms with Gasteiger partial charge in [0.15, 0.2) is 0 Å². The molecular formula is C22H24ClFN2O2. The van der Waals surface area contributed by atoms with Gasteiger partial charge in [0.05, 0.1) is 12.5 Å². The average molecular weight is 403 g/mol.